The third-order valence-corrected chi connectivity index (χ3v) is 3.62. The number of hydrogen-bond donors (Lipinski definition) is 0. The van der Waals surface area contributed by atoms with Crippen LogP contribution in [0.3, 0.4) is 0 Å². The van der Waals surface area contributed by atoms with Crippen LogP contribution in [0.5, 0.6) is 5.75 Å². The first-order valence-electron chi connectivity index (χ1n) is 5.72. The van der Waals surface area contributed by atoms with Gasteiger partial charge in [-0.05, 0) is 43.7 Å². The minimum Gasteiger partial charge on any atom is -0.497 e. The Labute approximate surface area is 107 Å². The lowest BCUT2D eigenvalue weighted by atomic mass is 10.2. The van der Waals surface area contributed by atoms with Crippen LogP contribution < -0.4 is 4.74 Å². The van der Waals surface area contributed by atoms with Crippen LogP contribution in [0.4, 0.5) is 0 Å². The Morgan fingerprint density at radius 2 is 1.72 bits per heavy atom. The SMILES string of the molecule is CCOP(=O)(/N=C/c1ccc(OC)cc1)OCC. The molecular formula is C12H18NO4P. The second-order valence-electron chi connectivity index (χ2n) is 3.32. The van der Waals surface area contributed by atoms with Crippen molar-refractivity contribution in [2.75, 3.05) is 20.3 Å². The maximum atomic E-state index is 12.0. The summed E-state index contributed by atoms with van der Waals surface area (Å²) >= 11 is 0. The Hall–Kier alpha value is -1.16. The molecule has 0 saturated heterocycles. The highest BCUT2D eigenvalue weighted by Crippen LogP contribution is 2.49. The Morgan fingerprint density at radius 1 is 1.17 bits per heavy atom. The molecule has 0 unspecified atom stereocenters. The number of methoxy groups -OCH3 is 1. The summed E-state index contributed by atoms with van der Waals surface area (Å²) in [6.07, 6.45) is 1.48. The molecule has 100 valence electrons. The van der Waals surface area contributed by atoms with Gasteiger partial charge in [-0.2, -0.15) is 4.76 Å². The first kappa shape index (κ1) is 14.9. The van der Waals surface area contributed by atoms with Gasteiger partial charge in [0.1, 0.15) is 5.75 Å². The summed E-state index contributed by atoms with van der Waals surface area (Å²) in [6.45, 7) is 4.07. The fourth-order valence-corrected chi connectivity index (χ4v) is 2.39. The van der Waals surface area contributed by atoms with E-state index >= 15 is 0 Å². The molecule has 0 atom stereocenters. The molecule has 0 radical (unpaired) electrons. The quantitative estimate of drug-likeness (QED) is 0.564. The first-order chi connectivity index (χ1) is 8.63. The second kappa shape index (κ2) is 7.31. The van der Waals surface area contributed by atoms with E-state index in [9.17, 15) is 4.57 Å². The van der Waals surface area contributed by atoms with Crippen LogP contribution in [0.2, 0.25) is 0 Å². The minimum absolute atomic E-state index is 0.289. The summed E-state index contributed by atoms with van der Waals surface area (Å²) in [5, 5.41) is 0. The molecule has 0 bridgehead atoms. The third kappa shape index (κ3) is 4.61. The van der Waals surface area contributed by atoms with Crippen molar-refractivity contribution in [1.29, 1.82) is 0 Å². The van der Waals surface area contributed by atoms with E-state index in [1.54, 1.807) is 33.1 Å². The smallest absolute Gasteiger partial charge is 0.453 e. The normalized spacial score (nSPS) is 11.9. The molecule has 0 heterocycles. The molecule has 0 aliphatic rings. The van der Waals surface area contributed by atoms with Crippen LogP contribution >= 0.6 is 7.75 Å². The van der Waals surface area contributed by atoms with E-state index in [-0.39, 0.29) is 13.2 Å². The molecule has 0 fully saturated rings. The molecule has 0 N–H and O–H groups in total. The lowest BCUT2D eigenvalue weighted by Gasteiger charge is -2.10. The molecule has 18 heavy (non-hydrogen) atoms. The molecular weight excluding hydrogens is 253 g/mol. The maximum Gasteiger partial charge on any atom is 0.453 e. The van der Waals surface area contributed by atoms with Crippen molar-refractivity contribution in [3.8, 4) is 5.75 Å². The molecule has 0 aliphatic carbocycles. The molecule has 1 aromatic carbocycles. The second-order valence-corrected chi connectivity index (χ2v) is 5.01. The standard InChI is InChI=1S/C12H18NO4P/c1-4-16-18(14,17-5-2)13-10-11-6-8-12(15-3)9-7-11/h6-10H,4-5H2,1-3H3/b13-10+. The average Bonchev–Trinajstić information content (AvgIpc) is 2.38. The monoisotopic (exact) mass is 271 g/mol. The highest BCUT2D eigenvalue weighted by molar-refractivity contribution is 7.52. The summed E-state index contributed by atoms with van der Waals surface area (Å²) in [6, 6.07) is 7.22. The zero-order chi connectivity index (χ0) is 13.4. The molecule has 1 aromatic rings. The fourth-order valence-electron chi connectivity index (χ4n) is 1.26. The van der Waals surface area contributed by atoms with Crippen molar-refractivity contribution in [2.45, 2.75) is 13.8 Å². The van der Waals surface area contributed by atoms with Gasteiger partial charge < -0.3 is 4.74 Å². The van der Waals surface area contributed by atoms with Gasteiger partial charge in [0.25, 0.3) is 0 Å². The van der Waals surface area contributed by atoms with Crippen LogP contribution in [-0.2, 0) is 13.6 Å². The number of rotatable bonds is 7. The summed E-state index contributed by atoms with van der Waals surface area (Å²) in [4.78, 5) is 0. The molecule has 0 saturated carbocycles. The van der Waals surface area contributed by atoms with Gasteiger partial charge in [0.15, 0.2) is 0 Å². The van der Waals surface area contributed by atoms with E-state index in [0.717, 1.165) is 11.3 Å². The number of nitrogens with zero attached hydrogens (tertiary/aromatic N) is 1. The van der Waals surface area contributed by atoms with Crippen molar-refractivity contribution in [1.82, 2.24) is 0 Å². The zero-order valence-electron chi connectivity index (χ0n) is 10.8. The van der Waals surface area contributed by atoms with E-state index < -0.39 is 7.75 Å². The number of ether oxygens (including phenoxy) is 1. The molecule has 0 aromatic heterocycles. The average molecular weight is 271 g/mol. The van der Waals surface area contributed by atoms with Crippen LogP contribution in [0.15, 0.2) is 29.0 Å². The molecule has 0 aliphatic heterocycles. The van der Waals surface area contributed by atoms with Crippen molar-refractivity contribution >= 4 is 14.0 Å². The largest absolute Gasteiger partial charge is 0.497 e. The third-order valence-electron chi connectivity index (χ3n) is 2.05. The predicted octanol–water partition coefficient (Wildman–Crippen LogP) is 3.30. The number of hydrogen-bond acceptors (Lipinski definition) is 4. The fraction of sp³-hybridized carbons (Fsp3) is 0.417. The highest BCUT2D eigenvalue weighted by Gasteiger charge is 2.21. The highest BCUT2D eigenvalue weighted by atomic mass is 31.2. The Balaban J connectivity index is 2.78. The van der Waals surface area contributed by atoms with Crippen molar-refractivity contribution in [2.24, 2.45) is 4.76 Å². The predicted molar refractivity (Wildman–Crippen MR) is 71.4 cm³/mol. The van der Waals surface area contributed by atoms with Crippen molar-refractivity contribution in [3.05, 3.63) is 29.8 Å². The molecule has 0 amide bonds. The van der Waals surface area contributed by atoms with E-state index in [2.05, 4.69) is 4.76 Å². The van der Waals surface area contributed by atoms with Gasteiger partial charge in [0, 0.05) is 6.21 Å². The van der Waals surface area contributed by atoms with Crippen molar-refractivity contribution in [3.63, 3.8) is 0 Å². The van der Waals surface area contributed by atoms with Gasteiger partial charge in [-0.15, -0.1) is 0 Å². The summed E-state index contributed by atoms with van der Waals surface area (Å²) in [7, 11) is -1.77. The van der Waals surface area contributed by atoms with Gasteiger partial charge in [-0.3, -0.25) is 9.05 Å². The lowest BCUT2D eigenvalue weighted by Crippen LogP contribution is -1.94. The van der Waals surface area contributed by atoms with Gasteiger partial charge in [0.2, 0.25) is 0 Å². The summed E-state index contributed by atoms with van der Waals surface area (Å²) < 4.78 is 31.1. The maximum absolute atomic E-state index is 12.0. The molecule has 6 heteroatoms. The number of benzene rings is 1. The molecule has 5 nitrogen and oxygen atoms in total. The summed E-state index contributed by atoms with van der Waals surface area (Å²) in [5.41, 5.74) is 0.801. The van der Waals surface area contributed by atoms with Gasteiger partial charge in [-0.25, -0.2) is 4.57 Å². The summed E-state index contributed by atoms with van der Waals surface area (Å²) in [5.74, 6) is 0.755. The van der Waals surface area contributed by atoms with Crippen LogP contribution in [-0.4, -0.2) is 26.5 Å². The topological polar surface area (TPSA) is 57.1 Å². The van der Waals surface area contributed by atoms with Crippen LogP contribution in [0.1, 0.15) is 19.4 Å². The van der Waals surface area contributed by atoms with Gasteiger partial charge in [0.05, 0.1) is 20.3 Å². The van der Waals surface area contributed by atoms with E-state index in [1.807, 2.05) is 12.1 Å². The van der Waals surface area contributed by atoms with E-state index in [4.69, 9.17) is 13.8 Å². The van der Waals surface area contributed by atoms with Crippen molar-refractivity contribution < 1.29 is 18.3 Å². The lowest BCUT2D eigenvalue weighted by molar-refractivity contribution is 0.221. The van der Waals surface area contributed by atoms with Gasteiger partial charge in [-0.1, -0.05) is 0 Å². The van der Waals surface area contributed by atoms with Crippen LogP contribution in [0, 0.1) is 0 Å². The minimum atomic E-state index is -3.37. The van der Waals surface area contributed by atoms with Gasteiger partial charge >= 0.3 is 7.75 Å². The van der Waals surface area contributed by atoms with Crippen LogP contribution in [0.25, 0.3) is 0 Å². The molecule has 0 spiro atoms. The molecule has 1 rings (SSSR count). The Morgan fingerprint density at radius 3 is 2.17 bits per heavy atom. The Kier molecular flexibility index (Phi) is 6.05. The Bertz CT molecular complexity index is 420. The first-order valence-corrected chi connectivity index (χ1v) is 7.22. The zero-order valence-corrected chi connectivity index (χ0v) is 11.7. The van der Waals surface area contributed by atoms with E-state index in [0.29, 0.717) is 0 Å². The van der Waals surface area contributed by atoms with E-state index in [1.165, 1.54) is 6.21 Å².